The first kappa shape index (κ1) is 35.7. The Labute approximate surface area is 260 Å². The largest absolute Gasteiger partial charge is 0.469 e. The number of aliphatic hydroxyl groups excluding tert-OH is 3. The molecule has 1 fully saturated rings. The van der Waals surface area contributed by atoms with Gasteiger partial charge in [-0.1, -0.05) is 37.1 Å². The molecule has 13 heteroatoms. The van der Waals surface area contributed by atoms with Crippen molar-refractivity contribution in [2.45, 2.75) is 80.6 Å². The molecule has 12 nitrogen and oxygen atoms in total. The molecule has 5 N–H and O–H groups in total. The van der Waals surface area contributed by atoms with E-state index in [2.05, 4.69) is 14.8 Å². The lowest BCUT2D eigenvalue weighted by Crippen LogP contribution is -2.47. The van der Waals surface area contributed by atoms with Gasteiger partial charge in [0.2, 0.25) is 15.9 Å². The van der Waals surface area contributed by atoms with Gasteiger partial charge in [0, 0.05) is 56.5 Å². The number of esters is 1. The van der Waals surface area contributed by atoms with Gasteiger partial charge in [-0.25, -0.2) is 13.1 Å². The van der Waals surface area contributed by atoms with Gasteiger partial charge in [0.15, 0.2) is 0 Å². The molecule has 0 aliphatic carbocycles. The first-order chi connectivity index (χ1) is 21.0. The number of nitrogens with one attached hydrogen (secondary N) is 2. The number of carbonyl (C=O) groups is 2. The highest BCUT2D eigenvalue weighted by molar-refractivity contribution is 7.89. The lowest BCUT2D eigenvalue weighted by atomic mass is 10.1. The highest BCUT2D eigenvalue weighted by atomic mass is 32.2. The summed E-state index contributed by atoms with van der Waals surface area (Å²) in [6, 6.07) is 9.11. The molecule has 0 radical (unpaired) electrons. The number of unbranched alkanes of at least 4 members (excludes halogenated alkanes) is 4. The number of hydrogen-bond acceptors (Lipinski definition) is 10. The zero-order valence-electron chi connectivity index (χ0n) is 25.9. The monoisotopic (exact) mass is 636 g/mol. The van der Waals surface area contributed by atoms with Crippen LogP contribution in [-0.2, 0) is 24.3 Å². The second kappa shape index (κ2) is 17.0. The molecule has 0 bridgehead atoms. The third-order valence-corrected chi connectivity index (χ3v) is 9.70. The summed E-state index contributed by atoms with van der Waals surface area (Å²) in [6.07, 6.45) is 2.58. The average Bonchev–Trinajstić information content (AvgIpc) is 3.24. The predicted octanol–water partition coefficient (Wildman–Crippen LogP) is 1.36. The third kappa shape index (κ3) is 9.35. The number of fused-ring (bicyclic) bond motifs is 1. The van der Waals surface area contributed by atoms with Crippen LogP contribution in [0.25, 0.3) is 10.8 Å². The van der Waals surface area contributed by atoms with Crippen LogP contribution in [0.4, 0.5) is 5.69 Å². The van der Waals surface area contributed by atoms with E-state index in [4.69, 9.17) is 0 Å². The minimum atomic E-state index is -3.98. The minimum absolute atomic E-state index is 0.0448. The van der Waals surface area contributed by atoms with Crippen LogP contribution in [0.3, 0.4) is 0 Å². The molecular formula is C31H48N4O8S. The van der Waals surface area contributed by atoms with Crippen LogP contribution >= 0.6 is 0 Å². The summed E-state index contributed by atoms with van der Waals surface area (Å²) in [4.78, 5) is 27.1. The van der Waals surface area contributed by atoms with Gasteiger partial charge in [-0.2, -0.15) is 0 Å². The molecule has 1 amide bonds. The van der Waals surface area contributed by atoms with Crippen molar-refractivity contribution >= 4 is 38.4 Å². The number of sulfonamides is 1. The second-order valence-electron chi connectivity index (χ2n) is 11.5. The van der Waals surface area contributed by atoms with Gasteiger partial charge in [0.05, 0.1) is 42.9 Å². The number of rotatable bonds is 18. The van der Waals surface area contributed by atoms with Crippen molar-refractivity contribution < 1.29 is 38.1 Å². The number of amides is 1. The van der Waals surface area contributed by atoms with Crippen LogP contribution < -0.4 is 14.9 Å². The van der Waals surface area contributed by atoms with Crippen molar-refractivity contribution in [1.29, 1.82) is 0 Å². The Balaban J connectivity index is 1.52. The number of carbonyl (C=O) groups excluding carboxylic acids is 2. The standard InChI is InChI=1S/C31H48N4O8S/c1-34(2)24-14-10-13-23-22(24)12-11-15-27(23)44(41,42)33-20-25-30(39)31(40)26(21-36)35(25)19-9-5-6-16-28(37)32-18-8-4-7-17-29(38)43-3/h10-15,25-26,30-31,33,36,39-40H,4-9,16-21H2,1-3H3,(H,32,37)/t25-,26-,30-,31-/m0/s1. The normalized spacial score (nSPS) is 20.6. The maximum absolute atomic E-state index is 13.5. The number of likely N-dealkylation sites (tertiary alicyclic amines) is 1. The Bertz CT molecular complexity index is 1340. The van der Waals surface area contributed by atoms with Crippen molar-refractivity contribution in [1.82, 2.24) is 14.9 Å². The van der Waals surface area contributed by atoms with E-state index in [1.165, 1.54) is 7.11 Å². The van der Waals surface area contributed by atoms with Crippen LogP contribution in [0, 0.1) is 0 Å². The summed E-state index contributed by atoms with van der Waals surface area (Å²) < 4.78 is 34.2. The second-order valence-corrected chi connectivity index (χ2v) is 13.2. The molecule has 44 heavy (non-hydrogen) atoms. The maximum Gasteiger partial charge on any atom is 0.305 e. The van der Waals surface area contributed by atoms with Crippen molar-refractivity contribution in [3.05, 3.63) is 36.4 Å². The molecule has 1 heterocycles. The Morgan fingerprint density at radius 3 is 2.27 bits per heavy atom. The number of aliphatic hydroxyl groups is 3. The summed E-state index contributed by atoms with van der Waals surface area (Å²) in [5, 5.41) is 35.6. The van der Waals surface area contributed by atoms with E-state index >= 15 is 0 Å². The van der Waals surface area contributed by atoms with Crippen LogP contribution in [-0.4, -0.2) is 112 Å². The third-order valence-electron chi connectivity index (χ3n) is 8.22. The van der Waals surface area contributed by atoms with Gasteiger partial charge in [0.1, 0.15) is 0 Å². The van der Waals surface area contributed by atoms with E-state index in [1.807, 2.05) is 31.1 Å². The Morgan fingerprint density at radius 2 is 1.57 bits per heavy atom. The SMILES string of the molecule is COC(=O)CCCCCNC(=O)CCCCCN1[C@@H](CO)[C@H](O)[C@@H](O)[C@@H]1CNS(=O)(=O)c1cccc2c(N(C)C)cccc12. The van der Waals surface area contributed by atoms with Crippen molar-refractivity contribution in [2.75, 3.05) is 52.3 Å². The molecule has 0 unspecified atom stereocenters. The van der Waals surface area contributed by atoms with E-state index in [-0.39, 0.29) is 29.9 Å². The molecule has 246 valence electrons. The predicted molar refractivity (Wildman–Crippen MR) is 169 cm³/mol. The van der Waals surface area contributed by atoms with E-state index in [0.717, 1.165) is 30.3 Å². The number of ether oxygens (including phenoxy) is 1. The summed E-state index contributed by atoms with van der Waals surface area (Å²) >= 11 is 0. The van der Waals surface area contributed by atoms with Gasteiger partial charge < -0.3 is 30.3 Å². The Kier molecular flexibility index (Phi) is 13.8. The Hall–Kier alpha value is -2.81. The lowest BCUT2D eigenvalue weighted by molar-refractivity contribution is -0.140. The highest BCUT2D eigenvalue weighted by Gasteiger charge is 2.47. The maximum atomic E-state index is 13.5. The van der Waals surface area contributed by atoms with Gasteiger partial charge >= 0.3 is 5.97 Å². The van der Waals surface area contributed by atoms with Crippen LogP contribution in [0.15, 0.2) is 41.3 Å². The molecular weight excluding hydrogens is 588 g/mol. The molecule has 1 aliphatic rings. The van der Waals surface area contributed by atoms with Crippen LogP contribution in [0.1, 0.15) is 51.4 Å². The smallest absolute Gasteiger partial charge is 0.305 e. The fourth-order valence-electron chi connectivity index (χ4n) is 5.78. The van der Waals surface area contributed by atoms with Crippen molar-refractivity contribution in [3.8, 4) is 0 Å². The highest BCUT2D eigenvalue weighted by Crippen LogP contribution is 2.31. The summed E-state index contributed by atoms with van der Waals surface area (Å²) in [5.41, 5.74) is 0.885. The molecule has 0 spiro atoms. The lowest BCUT2D eigenvalue weighted by Gasteiger charge is -2.29. The minimum Gasteiger partial charge on any atom is -0.469 e. The van der Waals surface area contributed by atoms with Gasteiger partial charge in [0.25, 0.3) is 0 Å². The van der Waals surface area contributed by atoms with Gasteiger partial charge in [-0.3, -0.25) is 14.5 Å². The van der Waals surface area contributed by atoms with Crippen molar-refractivity contribution in [2.24, 2.45) is 0 Å². The quantitative estimate of drug-likeness (QED) is 0.119. The molecule has 2 aromatic carbocycles. The van der Waals surface area contributed by atoms with E-state index < -0.39 is 34.3 Å². The summed E-state index contributed by atoms with van der Waals surface area (Å²) in [6.45, 7) is 0.423. The molecule has 0 aromatic heterocycles. The van der Waals surface area contributed by atoms with E-state index in [1.54, 1.807) is 29.2 Å². The van der Waals surface area contributed by atoms with Crippen molar-refractivity contribution in [3.63, 3.8) is 0 Å². The topological polar surface area (TPSA) is 169 Å². The van der Waals surface area contributed by atoms with Gasteiger partial charge in [-0.05, 0) is 44.4 Å². The zero-order valence-corrected chi connectivity index (χ0v) is 26.8. The molecule has 3 rings (SSSR count). The Morgan fingerprint density at radius 1 is 0.909 bits per heavy atom. The van der Waals surface area contributed by atoms with E-state index in [0.29, 0.717) is 50.6 Å². The number of nitrogens with zero attached hydrogens (tertiary/aromatic N) is 2. The van der Waals surface area contributed by atoms with Gasteiger partial charge in [-0.15, -0.1) is 0 Å². The van der Waals surface area contributed by atoms with Crippen LogP contribution in [0.5, 0.6) is 0 Å². The zero-order chi connectivity index (χ0) is 32.3. The van der Waals surface area contributed by atoms with E-state index in [9.17, 15) is 33.3 Å². The number of anilines is 1. The first-order valence-corrected chi connectivity index (χ1v) is 16.7. The number of benzene rings is 2. The summed E-state index contributed by atoms with van der Waals surface area (Å²) in [5.74, 6) is -0.277. The number of hydrogen-bond donors (Lipinski definition) is 5. The first-order valence-electron chi connectivity index (χ1n) is 15.3. The molecule has 1 saturated heterocycles. The fourth-order valence-corrected chi connectivity index (χ4v) is 7.05. The molecule has 4 atom stereocenters. The summed E-state index contributed by atoms with van der Waals surface area (Å²) in [7, 11) is 1.17. The fraction of sp³-hybridized carbons (Fsp3) is 0.613. The average molecular weight is 637 g/mol. The van der Waals surface area contributed by atoms with Crippen LogP contribution in [0.2, 0.25) is 0 Å². The molecule has 1 aliphatic heterocycles. The number of methoxy groups -OCH3 is 1. The molecule has 0 saturated carbocycles. The molecule has 2 aromatic rings.